The molecule has 0 saturated heterocycles. The first kappa shape index (κ1) is 16.4. The van der Waals surface area contributed by atoms with Gasteiger partial charge in [0.2, 0.25) is 11.8 Å². The van der Waals surface area contributed by atoms with Gasteiger partial charge in [-0.2, -0.15) is 4.98 Å². The average molecular weight is 322 g/mol. The van der Waals surface area contributed by atoms with Crippen molar-refractivity contribution in [1.29, 1.82) is 0 Å². The van der Waals surface area contributed by atoms with Crippen LogP contribution < -0.4 is 11.1 Å². The van der Waals surface area contributed by atoms with Gasteiger partial charge in [0.1, 0.15) is 0 Å². The molecule has 3 N–H and O–H groups in total. The predicted octanol–water partition coefficient (Wildman–Crippen LogP) is 1.49. The number of nitrogens with two attached hydrogens (primary N) is 1. The van der Waals surface area contributed by atoms with Gasteiger partial charge in [0, 0.05) is 25.0 Å². The van der Waals surface area contributed by atoms with E-state index in [1.54, 1.807) is 7.11 Å². The zero-order chi connectivity index (χ0) is 16.2. The van der Waals surface area contributed by atoms with Crippen LogP contribution in [0.3, 0.4) is 0 Å². The molecule has 1 aromatic rings. The number of carbonyl (C=O) groups is 1. The first-order chi connectivity index (χ1) is 11.2. The van der Waals surface area contributed by atoms with Crippen LogP contribution in [0, 0.1) is 5.92 Å². The van der Waals surface area contributed by atoms with Gasteiger partial charge in [0.15, 0.2) is 5.82 Å². The first-order valence-electron chi connectivity index (χ1n) is 8.56. The first-order valence-corrected chi connectivity index (χ1v) is 8.56. The Morgan fingerprint density at radius 2 is 2.13 bits per heavy atom. The molecule has 2 fully saturated rings. The van der Waals surface area contributed by atoms with E-state index in [0.717, 1.165) is 31.6 Å². The van der Waals surface area contributed by atoms with Crippen molar-refractivity contribution in [1.82, 2.24) is 15.5 Å². The number of hydrogen-bond donors (Lipinski definition) is 2. The van der Waals surface area contributed by atoms with E-state index in [4.69, 9.17) is 15.0 Å². The van der Waals surface area contributed by atoms with E-state index in [-0.39, 0.29) is 24.0 Å². The minimum Gasteiger partial charge on any atom is -0.380 e. The molecular weight excluding hydrogens is 296 g/mol. The van der Waals surface area contributed by atoms with Gasteiger partial charge in [-0.05, 0) is 32.1 Å². The Labute approximate surface area is 136 Å². The summed E-state index contributed by atoms with van der Waals surface area (Å²) in [5, 5.41) is 6.89. The third kappa shape index (κ3) is 3.90. The molecule has 1 heterocycles. The summed E-state index contributed by atoms with van der Waals surface area (Å²) in [4.78, 5) is 16.7. The second-order valence-corrected chi connectivity index (χ2v) is 6.70. The number of nitrogens with one attached hydrogen (secondary N) is 1. The van der Waals surface area contributed by atoms with Crippen molar-refractivity contribution in [2.24, 2.45) is 11.7 Å². The van der Waals surface area contributed by atoms with Gasteiger partial charge in [-0.25, -0.2) is 0 Å². The maximum Gasteiger partial charge on any atom is 0.229 e. The molecule has 2 saturated carbocycles. The molecule has 0 aliphatic heterocycles. The number of nitrogens with zero attached hydrogens (tertiary/aromatic N) is 2. The van der Waals surface area contributed by atoms with Crippen LogP contribution in [-0.2, 0) is 16.1 Å². The van der Waals surface area contributed by atoms with E-state index in [0.29, 0.717) is 24.7 Å². The van der Waals surface area contributed by atoms with Gasteiger partial charge in [-0.15, -0.1) is 0 Å². The van der Waals surface area contributed by atoms with Crippen molar-refractivity contribution in [2.75, 3.05) is 7.11 Å². The number of aromatic nitrogens is 2. The van der Waals surface area contributed by atoms with Crippen molar-refractivity contribution in [2.45, 2.75) is 69.6 Å². The number of hydrogen-bond acceptors (Lipinski definition) is 6. The van der Waals surface area contributed by atoms with E-state index in [9.17, 15) is 4.79 Å². The molecule has 0 unspecified atom stereocenters. The number of rotatable bonds is 5. The molecule has 3 atom stereocenters. The maximum atomic E-state index is 12.3. The molecule has 0 spiro atoms. The van der Waals surface area contributed by atoms with E-state index >= 15 is 0 Å². The third-order valence-electron chi connectivity index (χ3n) is 5.13. The quantitative estimate of drug-likeness (QED) is 0.851. The van der Waals surface area contributed by atoms with Crippen LogP contribution in [-0.4, -0.2) is 35.3 Å². The van der Waals surface area contributed by atoms with E-state index < -0.39 is 0 Å². The minimum atomic E-state index is -0.0547. The van der Waals surface area contributed by atoms with Crippen LogP contribution in [0.4, 0.5) is 0 Å². The van der Waals surface area contributed by atoms with Crippen LogP contribution in [0.5, 0.6) is 0 Å². The van der Waals surface area contributed by atoms with Gasteiger partial charge in [-0.3, -0.25) is 4.79 Å². The Hall–Kier alpha value is -1.47. The smallest absolute Gasteiger partial charge is 0.229 e. The molecule has 1 amide bonds. The molecule has 1 aromatic heterocycles. The Morgan fingerprint density at radius 3 is 2.87 bits per heavy atom. The zero-order valence-electron chi connectivity index (χ0n) is 13.7. The molecule has 0 bridgehead atoms. The summed E-state index contributed by atoms with van der Waals surface area (Å²) in [6.45, 7) is 0.315. The molecule has 128 valence electrons. The average Bonchev–Trinajstić information content (AvgIpc) is 3.24. The van der Waals surface area contributed by atoms with Gasteiger partial charge in [0.25, 0.3) is 0 Å². The number of amides is 1. The third-order valence-corrected chi connectivity index (χ3v) is 5.13. The molecule has 7 heteroatoms. The Morgan fingerprint density at radius 1 is 1.35 bits per heavy atom. The lowest BCUT2D eigenvalue weighted by Crippen LogP contribution is -2.45. The maximum absolute atomic E-state index is 12.3. The lowest BCUT2D eigenvalue weighted by Gasteiger charge is -2.32. The van der Waals surface area contributed by atoms with Crippen molar-refractivity contribution >= 4 is 5.91 Å². The highest BCUT2D eigenvalue weighted by atomic mass is 16.5. The lowest BCUT2D eigenvalue weighted by atomic mass is 9.83. The van der Waals surface area contributed by atoms with Crippen LogP contribution in [0.1, 0.15) is 62.6 Å². The van der Waals surface area contributed by atoms with E-state index in [2.05, 4.69) is 15.5 Å². The standard InChI is InChI=1S/C16H26N4O3/c1-22-13-8-11(6-7-12(13)17)15(21)18-9-14-19-16(23-20-14)10-4-2-3-5-10/h10-13H,2-9,17H2,1H3,(H,18,21)/t11-,12+,13+/m0/s1. The van der Waals surface area contributed by atoms with Crippen molar-refractivity contribution in [3.05, 3.63) is 11.7 Å². The Bertz CT molecular complexity index is 527. The molecule has 0 radical (unpaired) electrons. The van der Waals surface area contributed by atoms with Gasteiger partial charge < -0.3 is 20.3 Å². The molecule has 7 nitrogen and oxygen atoms in total. The van der Waals surface area contributed by atoms with Crippen LogP contribution >= 0.6 is 0 Å². The van der Waals surface area contributed by atoms with Crippen LogP contribution in [0.2, 0.25) is 0 Å². The van der Waals surface area contributed by atoms with Gasteiger partial charge in [0.05, 0.1) is 12.6 Å². The molecule has 23 heavy (non-hydrogen) atoms. The Kier molecular flexibility index (Phi) is 5.27. The fraction of sp³-hybridized carbons (Fsp3) is 0.812. The second kappa shape index (κ2) is 7.40. The number of carbonyl (C=O) groups excluding carboxylic acids is 1. The van der Waals surface area contributed by atoms with Crippen molar-refractivity contribution in [3.63, 3.8) is 0 Å². The lowest BCUT2D eigenvalue weighted by molar-refractivity contribution is -0.128. The summed E-state index contributed by atoms with van der Waals surface area (Å²) in [5.41, 5.74) is 5.99. The van der Waals surface area contributed by atoms with E-state index in [1.807, 2.05) is 0 Å². The van der Waals surface area contributed by atoms with E-state index in [1.165, 1.54) is 12.8 Å². The summed E-state index contributed by atoms with van der Waals surface area (Å²) >= 11 is 0. The largest absolute Gasteiger partial charge is 0.380 e. The summed E-state index contributed by atoms with van der Waals surface area (Å²) in [5.74, 6) is 1.63. The van der Waals surface area contributed by atoms with Crippen LogP contribution in [0.25, 0.3) is 0 Å². The predicted molar refractivity (Wildman–Crippen MR) is 83.5 cm³/mol. The summed E-state index contributed by atoms with van der Waals surface area (Å²) < 4.78 is 10.7. The van der Waals surface area contributed by atoms with Crippen LogP contribution in [0.15, 0.2) is 4.52 Å². The fourth-order valence-electron chi connectivity index (χ4n) is 3.65. The van der Waals surface area contributed by atoms with Gasteiger partial charge in [-0.1, -0.05) is 18.0 Å². The minimum absolute atomic E-state index is 0.0196. The zero-order valence-corrected chi connectivity index (χ0v) is 13.7. The summed E-state index contributed by atoms with van der Waals surface area (Å²) in [6, 6.07) is 0.0234. The number of ether oxygens (including phenoxy) is 1. The number of methoxy groups -OCH3 is 1. The molecule has 0 aromatic carbocycles. The highest BCUT2D eigenvalue weighted by molar-refractivity contribution is 5.78. The summed E-state index contributed by atoms with van der Waals surface area (Å²) in [7, 11) is 1.65. The summed E-state index contributed by atoms with van der Waals surface area (Å²) in [6.07, 6.45) is 6.93. The van der Waals surface area contributed by atoms with Gasteiger partial charge >= 0.3 is 0 Å². The fourth-order valence-corrected chi connectivity index (χ4v) is 3.65. The normalized spacial score (nSPS) is 28.9. The highest BCUT2D eigenvalue weighted by Gasteiger charge is 2.32. The highest BCUT2D eigenvalue weighted by Crippen LogP contribution is 2.32. The molecule has 2 aliphatic carbocycles. The van der Waals surface area contributed by atoms with Crippen molar-refractivity contribution in [3.8, 4) is 0 Å². The monoisotopic (exact) mass is 322 g/mol. The second-order valence-electron chi connectivity index (χ2n) is 6.70. The molecular formula is C16H26N4O3. The topological polar surface area (TPSA) is 103 Å². The van der Waals surface area contributed by atoms with Crippen molar-refractivity contribution < 1.29 is 14.1 Å². The SMILES string of the molecule is CO[C@@H]1C[C@@H](C(=O)NCc2noc(C3CCCC3)n2)CC[C@H]1N. The molecule has 3 rings (SSSR count). The Balaban J connectivity index is 1.49. The molecule has 2 aliphatic rings.